The van der Waals surface area contributed by atoms with Crippen molar-refractivity contribution in [1.82, 2.24) is 14.9 Å². The van der Waals surface area contributed by atoms with E-state index in [0.29, 0.717) is 5.75 Å². The summed E-state index contributed by atoms with van der Waals surface area (Å²) < 4.78 is 7.06. The van der Waals surface area contributed by atoms with E-state index >= 15 is 0 Å². The quantitative estimate of drug-likeness (QED) is 0.694. The molecule has 1 N–H and O–H groups in total. The molecule has 7 heteroatoms. The summed E-state index contributed by atoms with van der Waals surface area (Å²) >= 11 is 0. The van der Waals surface area contributed by atoms with Gasteiger partial charge in [0.15, 0.2) is 6.61 Å². The highest BCUT2D eigenvalue weighted by molar-refractivity contribution is 5.92. The molecular weight excluding hydrogens is 330 g/mol. The molecule has 1 amide bonds. The average molecular weight is 349 g/mol. The maximum atomic E-state index is 12.1. The lowest BCUT2D eigenvalue weighted by Gasteiger charge is -2.09. The second-order valence-corrected chi connectivity index (χ2v) is 5.79. The number of benzene rings is 2. The first kappa shape index (κ1) is 17.3. The average Bonchev–Trinajstić information content (AvgIpc) is 3.15. The van der Waals surface area contributed by atoms with E-state index in [1.165, 1.54) is 22.9 Å². The predicted octanol–water partition coefficient (Wildman–Crippen LogP) is 2.79. The molecule has 132 valence electrons. The van der Waals surface area contributed by atoms with Crippen LogP contribution in [0, 0.1) is 13.8 Å². The number of carbonyl (C=O) groups is 1. The highest BCUT2D eigenvalue weighted by Gasteiger charge is 2.05. The normalized spacial score (nSPS) is 10.8. The Kier molecular flexibility index (Phi) is 5.38. The maximum absolute atomic E-state index is 12.1. The number of amides is 1. The minimum Gasteiger partial charge on any atom is -0.484 e. The standard InChI is InChI=1S/C19H19N5O2/c1-14-6-7-17(8-15(14)2)23-19(25)11-26-18-5-3-4-16(9-18)10-22-24-12-20-21-13-24/h3-10,12-13H,11H2,1-2H3,(H,23,25)/b22-10+. The SMILES string of the molecule is Cc1ccc(NC(=O)COc2cccc(/C=N/n3cnnc3)c2)cc1C. The lowest BCUT2D eigenvalue weighted by Crippen LogP contribution is -2.20. The molecule has 2 aromatic carbocycles. The molecule has 0 spiro atoms. The molecular formula is C19H19N5O2. The van der Waals surface area contributed by atoms with Crippen LogP contribution in [0.2, 0.25) is 0 Å². The van der Waals surface area contributed by atoms with Crippen LogP contribution in [0.4, 0.5) is 5.69 Å². The van der Waals surface area contributed by atoms with Gasteiger partial charge in [-0.25, -0.2) is 4.68 Å². The molecule has 1 aromatic heterocycles. The molecule has 0 aliphatic carbocycles. The van der Waals surface area contributed by atoms with E-state index in [-0.39, 0.29) is 12.5 Å². The van der Waals surface area contributed by atoms with E-state index in [0.717, 1.165) is 16.8 Å². The van der Waals surface area contributed by atoms with E-state index in [4.69, 9.17) is 4.74 Å². The van der Waals surface area contributed by atoms with Crippen molar-refractivity contribution in [3.8, 4) is 5.75 Å². The van der Waals surface area contributed by atoms with E-state index in [1.807, 2.05) is 44.2 Å². The van der Waals surface area contributed by atoms with Crippen molar-refractivity contribution >= 4 is 17.8 Å². The van der Waals surface area contributed by atoms with Crippen LogP contribution in [0.5, 0.6) is 5.75 Å². The smallest absolute Gasteiger partial charge is 0.262 e. The van der Waals surface area contributed by atoms with Crippen LogP contribution in [0.1, 0.15) is 16.7 Å². The molecule has 3 aromatic rings. The molecule has 0 atom stereocenters. The van der Waals surface area contributed by atoms with Crippen molar-refractivity contribution in [2.75, 3.05) is 11.9 Å². The molecule has 0 aliphatic rings. The number of carbonyl (C=O) groups excluding carboxylic acids is 1. The second-order valence-electron chi connectivity index (χ2n) is 5.79. The fourth-order valence-corrected chi connectivity index (χ4v) is 2.24. The topological polar surface area (TPSA) is 81.4 Å². The Morgan fingerprint density at radius 1 is 1.15 bits per heavy atom. The summed E-state index contributed by atoms with van der Waals surface area (Å²) in [6.07, 6.45) is 4.65. The van der Waals surface area contributed by atoms with Crippen LogP contribution in [0.15, 0.2) is 60.2 Å². The van der Waals surface area contributed by atoms with Crippen molar-refractivity contribution in [3.05, 3.63) is 71.8 Å². The fourth-order valence-electron chi connectivity index (χ4n) is 2.24. The van der Waals surface area contributed by atoms with E-state index in [9.17, 15) is 4.79 Å². The van der Waals surface area contributed by atoms with Gasteiger partial charge >= 0.3 is 0 Å². The summed E-state index contributed by atoms with van der Waals surface area (Å²) in [4.78, 5) is 12.1. The summed E-state index contributed by atoms with van der Waals surface area (Å²) in [5.41, 5.74) is 3.91. The zero-order chi connectivity index (χ0) is 18.4. The number of aromatic nitrogens is 3. The Morgan fingerprint density at radius 2 is 1.96 bits per heavy atom. The fraction of sp³-hybridized carbons (Fsp3) is 0.158. The van der Waals surface area contributed by atoms with Gasteiger partial charge in [-0.2, -0.15) is 5.10 Å². The summed E-state index contributed by atoms with van der Waals surface area (Å²) in [5, 5.41) is 14.4. The number of ether oxygens (including phenoxy) is 1. The molecule has 0 saturated heterocycles. The number of aryl methyl sites for hydroxylation is 2. The van der Waals surface area contributed by atoms with Gasteiger partial charge in [0.05, 0.1) is 6.21 Å². The summed E-state index contributed by atoms with van der Waals surface area (Å²) in [6, 6.07) is 13.1. The number of nitrogens with zero attached hydrogens (tertiary/aromatic N) is 4. The number of hydrogen-bond donors (Lipinski definition) is 1. The Balaban J connectivity index is 1.56. The van der Waals surface area contributed by atoms with Gasteiger partial charge in [0.2, 0.25) is 0 Å². The van der Waals surface area contributed by atoms with Gasteiger partial charge in [-0.05, 0) is 54.8 Å². The monoisotopic (exact) mass is 349 g/mol. The molecule has 0 aliphatic heterocycles. The molecule has 0 unspecified atom stereocenters. The molecule has 0 fully saturated rings. The first-order chi connectivity index (χ1) is 12.6. The van der Waals surface area contributed by atoms with Crippen LogP contribution >= 0.6 is 0 Å². The van der Waals surface area contributed by atoms with Crippen molar-refractivity contribution in [2.24, 2.45) is 5.10 Å². The van der Waals surface area contributed by atoms with Gasteiger partial charge in [-0.15, -0.1) is 10.2 Å². The van der Waals surface area contributed by atoms with E-state index in [1.54, 1.807) is 18.3 Å². The van der Waals surface area contributed by atoms with Crippen molar-refractivity contribution < 1.29 is 9.53 Å². The number of rotatable bonds is 6. The van der Waals surface area contributed by atoms with Gasteiger partial charge in [0.1, 0.15) is 18.4 Å². The van der Waals surface area contributed by atoms with Crippen molar-refractivity contribution in [3.63, 3.8) is 0 Å². The van der Waals surface area contributed by atoms with Crippen LogP contribution in [0.3, 0.4) is 0 Å². The van der Waals surface area contributed by atoms with Crippen LogP contribution < -0.4 is 10.1 Å². The number of anilines is 1. The third-order valence-corrected chi connectivity index (χ3v) is 3.77. The third kappa shape index (κ3) is 4.76. The van der Waals surface area contributed by atoms with Gasteiger partial charge in [0, 0.05) is 5.69 Å². The first-order valence-corrected chi connectivity index (χ1v) is 8.09. The minimum absolute atomic E-state index is 0.0705. The van der Waals surface area contributed by atoms with Crippen LogP contribution in [-0.4, -0.2) is 33.6 Å². The summed E-state index contributed by atoms with van der Waals surface area (Å²) in [5.74, 6) is 0.379. The predicted molar refractivity (Wildman–Crippen MR) is 99.5 cm³/mol. The highest BCUT2D eigenvalue weighted by atomic mass is 16.5. The molecule has 0 bridgehead atoms. The Labute approximate surface area is 151 Å². The maximum Gasteiger partial charge on any atom is 0.262 e. The van der Waals surface area contributed by atoms with Crippen LogP contribution in [-0.2, 0) is 4.79 Å². The molecule has 0 saturated carbocycles. The van der Waals surface area contributed by atoms with Gasteiger partial charge in [-0.3, -0.25) is 4.79 Å². The van der Waals surface area contributed by atoms with E-state index in [2.05, 4.69) is 20.6 Å². The zero-order valence-corrected chi connectivity index (χ0v) is 14.6. The van der Waals surface area contributed by atoms with Gasteiger partial charge < -0.3 is 10.1 Å². The molecule has 1 heterocycles. The van der Waals surface area contributed by atoms with Gasteiger partial charge in [-0.1, -0.05) is 18.2 Å². The van der Waals surface area contributed by atoms with Crippen molar-refractivity contribution in [2.45, 2.75) is 13.8 Å². The van der Waals surface area contributed by atoms with E-state index < -0.39 is 0 Å². The second kappa shape index (κ2) is 8.06. The first-order valence-electron chi connectivity index (χ1n) is 8.09. The zero-order valence-electron chi connectivity index (χ0n) is 14.6. The number of hydrogen-bond acceptors (Lipinski definition) is 5. The third-order valence-electron chi connectivity index (χ3n) is 3.77. The number of nitrogens with one attached hydrogen (secondary N) is 1. The molecule has 3 rings (SSSR count). The largest absolute Gasteiger partial charge is 0.484 e. The van der Waals surface area contributed by atoms with Crippen molar-refractivity contribution in [1.29, 1.82) is 0 Å². The molecule has 0 radical (unpaired) electrons. The Hall–Kier alpha value is -3.48. The Morgan fingerprint density at radius 3 is 2.73 bits per heavy atom. The summed E-state index contributed by atoms with van der Waals surface area (Å²) in [7, 11) is 0. The molecule has 7 nitrogen and oxygen atoms in total. The highest BCUT2D eigenvalue weighted by Crippen LogP contribution is 2.15. The minimum atomic E-state index is -0.211. The summed E-state index contributed by atoms with van der Waals surface area (Å²) in [6.45, 7) is 3.97. The lowest BCUT2D eigenvalue weighted by atomic mass is 10.1. The van der Waals surface area contributed by atoms with Crippen LogP contribution in [0.25, 0.3) is 0 Å². The van der Waals surface area contributed by atoms with Gasteiger partial charge in [0.25, 0.3) is 5.91 Å². The Bertz CT molecular complexity index is 919. The lowest BCUT2D eigenvalue weighted by molar-refractivity contribution is -0.118. The molecule has 26 heavy (non-hydrogen) atoms.